The molecule has 25 heavy (non-hydrogen) atoms. The molecule has 0 unspecified atom stereocenters. The second-order valence-electron chi connectivity index (χ2n) is 6.15. The smallest absolute Gasteiger partial charge is 0.346 e. The number of aromatic carboxylic acids is 1. The first-order valence-corrected chi connectivity index (χ1v) is 8.73. The molecule has 6 heteroatoms. The lowest BCUT2D eigenvalue weighted by atomic mass is 10.0. The molecule has 0 saturated carbocycles. The maximum absolute atomic E-state index is 12.3. The molecular formula is C19H18N2O3S. The van der Waals surface area contributed by atoms with Crippen LogP contribution in [0.1, 0.15) is 52.0 Å². The third-order valence-corrected chi connectivity index (χ3v) is 5.22. The van der Waals surface area contributed by atoms with E-state index < -0.39 is 5.97 Å². The van der Waals surface area contributed by atoms with Gasteiger partial charge in [-0.3, -0.25) is 4.79 Å². The molecule has 128 valence electrons. The zero-order valence-corrected chi connectivity index (χ0v) is 15.0. The largest absolute Gasteiger partial charge is 0.477 e. The van der Waals surface area contributed by atoms with Crippen LogP contribution in [0.2, 0.25) is 0 Å². The van der Waals surface area contributed by atoms with E-state index in [1.165, 1.54) is 5.56 Å². The quantitative estimate of drug-likeness (QED) is 0.732. The molecule has 0 amide bonds. The van der Waals surface area contributed by atoms with E-state index in [-0.39, 0.29) is 10.4 Å². The number of aryl methyl sites for hydroxylation is 1. The molecule has 0 fully saturated rings. The molecular weight excluding hydrogens is 336 g/mol. The number of H-pyrrole nitrogens is 1. The van der Waals surface area contributed by atoms with Crippen LogP contribution in [-0.2, 0) is 0 Å². The highest BCUT2D eigenvalue weighted by Crippen LogP contribution is 2.27. The average Bonchev–Trinajstić information content (AvgIpc) is 2.91. The van der Waals surface area contributed by atoms with Gasteiger partial charge in [-0.05, 0) is 35.6 Å². The van der Waals surface area contributed by atoms with Crippen LogP contribution >= 0.6 is 11.3 Å². The Morgan fingerprint density at radius 1 is 1.24 bits per heavy atom. The summed E-state index contributed by atoms with van der Waals surface area (Å²) in [4.78, 5) is 31.2. The van der Waals surface area contributed by atoms with Crippen molar-refractivity contribution in [3.63, 3.8) is 0 Å². The first-order chi connectivity index (χ1) is 11.9. The number of hydrogen-bond acceptors (Lipinski definition) is 4. The van der Waals surface area contributed by atoms with Gasteiger partial charge in [0.05, 0.1) is 5.39 Å². The van der Waals surface area contributed by atoms with Crippen LogP contribution in [0.4, 0.5) is 0 Å². The van der Waals surface area contributed by atoms with Crippen molar-refractivity contribution in [2.45, 2.75) is 26.7 Å². The van der Waals surface area contributed by atoms with Crippen molar-refractivity contribution in [1.29, 1.82) is 0 Å². The fraction of sp³-hybridized carbons (Fsp3) is 0.211. The lowest BCUT2D eigenvalue weighted by Gasteiger charge is -2.04. The second-order valence-corrected chi connectivity index (χ2v) is 7.15. The van der Waals surface area contributed by atoms with Gasteiger partial charge < -0.3 is 10.1 Å². The predicted octanol–water partition coefficient (Wildman–Crippen LogP) is 4.29. The number of carboxylic acids is 1. The molecule has 2 N–H and O–H groups in total. The molecule has 1 aromatic carbocycles. The van der Waals surface area contributed by atoms with E-state index in [9.17, 15) is 14.7 Å². The fourth-order valence-corrected chi connectivity index (χ4v) is 3.64. The maximum Gasteiger partial charge on any atom is 0.346 e. The van der Waals surface area contributed by atoms with Crippen LogP contribution < -0.4 is 5.56 Å². The maximum atomic E-state index is 12.3. The average molecular weight is 354 g/mol. The number of nitrogens with zero attached hydrogens (tertiary/aromatic N) is 1. The summed E-state index contributed by atoms with van der Waals surface area (Å²) in [5.41, 5.74) is 2.41. The molecule has 3 rings (SSSR count). The van der Waals surface area contributed by atoms with Crippen molar-refractivity contribution in [2.75, 3.05) is 0 Å². The monoisotopic (exact) mass is 354 g/mol. The van der Waals surface area contributed by atoms with Crippen molar-refractivity contribution >= 4 is 39.7 Å². The Morgan fingerprint density at radius 3 is 2.52 bits per heavy atom. The molecule has 0 spiro atoms. The van der Waals surface area contributed by atoms with Crippen molar-refractivity contribution < 1.29 is 9.90 Å². The highest BCUT2D eigenvalue weighted by Gasteiger charge is 2.18. The third kappa shape index (κ3) is 3.39. The Kier molecular flexibility index (Phi) is 4.55. The highest BCUT2D eigenvalue weighted by atomic mass is 32.1. The number of thiophene rings is 1. The number of fused-ring (bicyclic) bond motifs is 1. The van der Waals surface area contributed by atoms with Gasteiger partial charge in [0.1, 0.15) is 15.5 Å². The van der Waals surface area contributed by atoms with Crippen LogP contribution in [0.3, 0.4) is 0 Å². The van der Waals surface area contributed by atoms with Crippen molar-refractivity contribution in [3.8, 4) is 0 Å². The molecule has 0 radical (unpaired) electrons. The summed E-state index contributed by atoms with van der Waals surface area (Å²) in [5.74, 6) is -0.158. The first-order valence-electron chi connectivity index (χ1n) is 7.91. The second kappa shape index (κ2) is 6.64. The SMILES string of the molecule is Cc1c(C(=O)O)sc2nc(/C=C/c3ccc(C(C)C)cc3)[nH]c(=O)c12. The number of nitrogens with one attached hydrogen (secondary N) is 1. The molecule has 5 nitrogen and oxygen atoms in total. The summed E-state index contributed by atoms with van der Waals surface area (Å²) in [5, 5.41) is 9.54. The summed E-state index contributed by atoms with van der Waals surface area (Å²) < 4.78 is 0. The zero-order valence-electron chi connectivity index (χ0n) is 14.2. The molecule has 0 aliphatic carbocycles. The van der Waals surface area contributed by atoms with Gasteiger partial charge in [-0.15, -0.1) is 11.3 Å². The minimum absolute atomic E-state index is 0.151. The number of aromatic amines is 1. The van der Waals surface area contributed by atoms with Crippen LogP contribution in [-0.4, -0.2) is 21.0 Å². The molecule has 0 aliphatic rings. The molecule has 2 heterocycles. The van der Waals surface area contributed by atoms with E-state index >= 15 is 0 Å². The standard InChI is InChI=1S/C19H18N2O3S/c1-10(2)13-7-4-12(5-8-13)6-9-14-20-17(22)15-11(3)16(19(23)24)25-18(15)21-14/h4-10H,1-3H3,(H,23,24)(H,20,21,22)/b9-6+. The van der Waals surface area contributed by atoms with E-state index in [1.54, 1.807) is 13.0 Å². The Morgan fingerprint density at radius 2 is 1.92 bits per heavy atom. The molecule has 0 bridgehead atoms. The lowest BCUT2D eigenvalue weighted by molar-refractivity contribution is 0.0701. The summed E-state index contributed by atoms with van der Waals surface area (Å²) >= 11 is 1.02. The molecule has 2 aromatic heterocycles. The predicted molar refractivity (Wildman–Crippen MR) is 101 cm³/mol. The van der Waals surface area contributed by atoms with Gasteiger partial charge in [0.25, 0.3) is 5.56 Å². The molecule has 0 aliphatic heterocycles. The Labute approximate surface area is 148 Å². The minimum Gasteiger partial charge on any atom is -0.477 e. The highest BCUT2D eigenvalue weighted by molar-refractivity contribution is 7.20. The Hall–Kier alpha value is -2.73. The van der Waals surface area contributed by atoms with E-state index in [0.29, 0.717) is 27.5 Å². The summed E-state index contributed by atoms with van der Waals surface area (Å²) in [6.45, 7) is 5.91. The van der Waals surface area contributed by atoms with Crippen molar-refractivity contribution in [1.82, 2.24) is 9.97 Å². The number of aromatic nitrogens is 2. The van der Waals surface area contributed by atoms with Crippen LogP contribution in [0.15, 0.2) is 29.1 Å². The number of rotatable bonds is 4. The van der Waals surface area contributed by atoms with Gasteiger partial charge >= 0.3 is 5.97 Å². The van der Waals surface area contributed by atoms with E-state index in [2.05, 4.69) is 35.9 Å². The summed E-state index contributed by atoms with van der Waals surface area (Å²) in [6.07, 6.45) is 3.59. The number of hydrogen-bond donors (Lipinski definition) is 2. The van der Waals surface area contributed by atoms with Crippen LogP contribution in [0.25, 0.3) is 22.4 Å². The molecule has 3 aromatic rings. The fourth-order valence-electron chi connectivity index (χ4n) is 2.61. The summed E-state index contributed by atoms with van der Waals surface area (Å²) in [6, 6.07) is 8.18. The zero-order chi connectivity index (χ0) is 18.1. The lowest BCUT2D eigenvalue weighted by Crippen LogP contribution is -2.09. The van der Waals surface area contributed by atoms with E-state index in [1.807, 2.05) is 18.2 Å². The van der Waals surface area contributed by atoms with Crippen LogP contribution in [0, 0.1) is 6.92 Å². The Bertz CT molecular complexity index is 1030. The minimum atomic E-state index is -1.04. The van der Waals surface area contributed by atoms with Gasteiger partial charge in [0.2, 0.25) is 0 Å². The van der Waals surface area contributed by atoms with Crippen molar-refractivity contribution in [3.05, 3.63) is 62.0 Å². The van der Waals surface area contributed by atoms with Gasteiger partial charge in [0.15, 0.2) is 0 Å². The van der Waals surface area contributed by atoms with Gasteiger partial charge in [-0.25, -0.2) is 9.78 Å². The van der Waals surface area contributed by atoms with Gasteiger partial charge in [0, 0.05) is 0 Å². The third-order valence-electron chi connectivity index (χ3n) is 4.05. The normalized spacial score (nSPS) is 11.7. The number of carbonyl (C=O) groups is 1. The summed E-state index contributed by atoms with van der Waals surface area (Å²) in [7, 11) is 0. The number of benzene rings is 1. The molecule has 0 atom stereocenters. The topological polar surface area (TPSA) is 83.0 Å². The van der Waals surface area contributed by atoms with E-state index in [0.717, 1.165) is 16.9 Å². The van der Waals surface area contributed by atoms with Crippen molar-refractivity contribution in [2.24, 2.45) is 0 Å². The molecule has 0 saturated heterocycles. The van der Waals surface area contributed by atoms with Crippen LogP contribution in [0.5, 0.6) is 0 Å². The van der Waals surface area contributed by atoms with Gasteiger partial charge in [-0.2, -0.15) is 0 Å². The first kappa shape index (κ1) is 17.1. The Balaban J connectivity index is 1.96. The van der Waals surface area contributed by atoms with E-state index in [4.69, 9.17) is 0 Å². The van der Waals surface area contributed by atoms with Gasteiger partial charge in [-0.1, -0.05) is 44.2 Å². The number of carboxylic acid groups (broad SMARTS) is 1.